The number of likely N-dealkylation sites (tertiary alicyclic amines) is 1. The van der Waals surface area contributed by atoms with E-state index in [0.717, 1.165) is 16.1 Å². The fourth-order valence-corrected chi connectivity index (χ4v) is 9.51. The number of aryl methyl sites for hydroxylation is 1. The van der Waals surface area contributed by atoms with Gasteiger partial charge in [0.1, 0.15) is 0 Å². The predicted octanol–water partition coefficient (Wildman–Crippen LogP) is 6.10. The van der Waals surface area contributed by atoms with Crippen molar-refractivity contribution in [3.05, 3.63) is 99.5 Å². The number of nitrogens with zero attached hydrogens (tertiary/aromatic N) is 2. The van der Waals surface area contributed by atoms with E-state index in [0.29, 0.717) is 40.5 Å². The van der Waals surface area contributed by atoms with Crippen molar-refractivity contribution in [3.63, 3.8) is 0 Å². The number of ether oxygens (including phenoxy) is 1. The van der Waals surface area contributed by atoms with Gasteiger partial charge >= 0.3 is 5.97 Å². The molecular formula is C40H40BrN3O8. The van der Waals surface area contributed by atoms with Gasteiger partial charge in [-0.05, 0) is 89.8 Å². The minimum atomic E-state index is -1.46. The summed E-state index contributed by atoms with van der Waals surface area (Å²) >= 11 is 3.48. The lowest BCUT2D eigenvalue weighted by molar-refractivity contribution is -0.141. The molecule has 0 spiro atoms. The van der Waals surface area contributed by atoms with Gasteiger partial charge in [0.2, 0.25) is 11.8 Å². The molecule has 270 valence electrons. The number of carbonyl (C=O) groups excluding carboxylic acids is 4. The Balaban J connectivity index is 1.36. The van der Waals surface area contributed by atoms with Crippen LogP contribution >= 0.6 is 15.9 Å². The van der Waals surface area contributed by atoms with Crippen LogP contribution in [0, 0.1) is 30.6 Å². The van der Waals surface area contributed by atoms with Crippen molar-refractivity contribution in [3.8, 4) is 11.5 Å². The van der Waals surface area contributed by atoms with E-state index in [2.05, 4.69) is 21.4 Å². The summed E-state index contributed by atoms with van der Waals surface area (Å²) in [7, 11) is 1.44. The summed E-state index contributed by atoms with van der Waals surface area (Å²) in [6, 6.07) is 20.0. The molecule has 2 aliphatic heterocycles. The summed E-state index contributed by atoms with van der Waals surface area (Å²) in [5.41, 5.74) is 5.26. The number of halogens is 1. The van der Waals surface area contributed by atoms with E-state index in [1.165, 1.54) is 12.0 Å². The minimum absolute atomic E-state index is 0.0230. The number of rotatable bonds is 11. The van der Waals surface area contributed by atoms with E-state index >= 15 is 4.79 Å². The second-order valence-electron chi connectivity index (χ2n) is 14.2. The average molecular weight is 771 g/mol. The number of benzene rings is 3. The number of fused-ring (bicyclic) bond motifs is 4. The molecule has 1 saturated carbocycles. The second kappa shape index (κ2) is 13.9. The molecule has 11 nitrogen and oxygen atoms in total. The number of allylic oxidation sites excluding steroid dienone is 2. The number of aliphatic carboxylic acids is 1. The Morgan fingerprint density at radius 2 is 1.69 bits per heavy atom. The minimum Gasteiger partial charge on any atom is -0.503 e. The highest BCUT2D eigenvalue weighted by Gasteiger charge is 2.70. The van der Waals surface area contributed by atoms with Crippen molar-refractivity contribution in [1.29, 1.82) is 0 Å². The largest absolute Gasteiger partial charge is 0.503 e. The van der Waals surface area contributed by atoms with Crippen LogP contribution in [0.2, 0.25) is 0 Å². The van der Waals surface area contributed by atoms with Crippen LogP contribution in [0.1, 0.15) is 61.1 Å². The first-order valence-electron chi connectivity index (χ1n) is 17.6. The number of methoxy groups -OCH3 is 1. The van der Waals surface area contributed by atoms with Gasteiger partial charge < -0.3 is 14.9 Å². The topological polar surface area (TPSA) is 154 Å². The molecule has 7 rings (SSSR count). The maximum absolute atomic E-state index is 15.3. The molecule has 0 bridgehead atoms. The highest BCUT2D eigenvalue weighted by Crippen LogP contribution is 2.64. The highest BCUT2D eigenvalue weighted by molar-refractivity contribution is 9.10. The van der Waals surface area contributed by atoms with E-state index < -0.39 is 52.8 Å². The molecule has 0 aromatic heterocycles. The molecule has 3 aromatic rings. The van der Waals surface area contributed by atoms with Crippen LogP contribution < -0.4 is 10.2 Å². The molecular weight excluding hydrogens is 730 g/mol. The molecule has 4 amide bonds. The Labute approximate surface area is 309 Å². The first kappa shape index (κ1) is 35.4. The molecule has 2 heterocycles. The number of phenolic OH excluding ortho intramolecular Hbond substituents is 1. The fourth-order valence-electron chi connectivity index (χ4n) is 9.05. The summed E-state index contributed by atoms with van der Waals surface area (Å²) in [6.45, 7) is 2.14. The van der Waals surface area contributed by atoms with Crippen LogP contribution in [0.3, 0.4) is 0 Å². The number of carboxylic acids is 1. The zero-order valence-electron chi connectivity index (χ0n) is 28.9. The van der Waals surface area contributed by atoms with Crippen molar-refractivity contribution >= 4 is 51.2 Å². The van der Waals surface area contributed by atoms with E-state index in [-0.39, 0.29) is 49.1 Å². The number of phenols is 1. The summed E-state index contributed by atoms with van der Waals surface area (Å²) in [5.74, 6) is -5.84. The number of carbonyl (C=O) groups is 5. The van der Waals surface area contributed by atoms with E-state index in [9.17, 15) is 24.3 Å². The zero-order chi connectivity index (χ0) is 36.9. The monoisotopic (exact) mass is 769 g/mol. The zero-order valence-corrected chi connectivity index (χ0v) is 30.5. The van der Waals surface area contributed by atoms with Crippen molar-refractivity contribution in [2.75, 3.05) is 19.1 Å². The van der Waals surface area contributed by atoms with Gasteiger partial charge in [0.25, 0.3) is 11.8 Å². The van der Waals surface area contributed by atoms with Gasteiger partial charge in [-0.3, -0.25) is 34.3 Å². The van der Waals surface area contributed by atoms with Gasteiger partial charge in [0.05, 0.1) is 40.4 Å². The molecule has 0 radical (unpaired) electrons. The maximum atomic E-state index is 15.3. The smallest absolute Gasteiger partial charge is 0.303 e. The van der Waals surface area contributed by atoms with Crippen LogP contribution in [0.25, 0.3) is 0 Å². The average Bonchev–Trinajstić information content (AvgIpc) is 3.50. The number of hydrogen-bond donors (Lipinski definition) is 3. The van der Waals surface area contributed by atoms with Gasteiger partial charge in [-0.15, -0.1) is 0 Å². The first-order chi connectivity index (χ1) is 25.0. The highest BCUT2D eigenvalue weighted by atomic mass is 79.9. The Morgan fingerprint density at radius 3 is 2.38 bits per heavy atom. The number of hydrazine groups is 1. The predicted molar refractivity (Wildman–Crippen MR) is 194 cm³/mol. The third kappa shape index (κ3) is 5.67. The van der Waals surface area contributed by atoms with Gasteiger partial charge in [-0.2, -0.15) is 5.01 Å². The lowest BCUT2D eigenvalue weighted by Crippen LogP contribution is -2.53. The van der Waals surface area contributed by atoms with Crippen molar-refractivity contribution < 1.29 is 38.9 Å². The lowest BCUT2D eigenvalue weighted by atomic mass is 9.49. The molecule has 3 aromatic carbocycles. The molecule has 52 heavy (non-hydrogen) atoms. The molecule has 2 aliphatic carbocycles. The van der Waals surface area contributed by atoms with E-state index in [4.69, 9.17) is 9.84 Å². The van der Waals surface area contributed by atoms with Gasteiger partial charge in [0, 0.05) is 18.9 Å². The molecule has 4 aliphatic rings. The number of hydrogen-bond acceptors (Lipinski definition) is 8. The standard InChI is InChI=1S/C40H40BrN3O8/c1-22-12-14-25(15-13-22)42-44-37(49)29-21-28-26(16-17-27-33(28)38(50)43(36(27)48)18-8-4-7-11-32(45)46)34(23-19-30(41)35(47)31(20-23)52-2)40(29,39(44)51)24-9-5-3-6-10-24/h3,5-6,9-10,12-16,19-20,27-29,33-34,42,47H,4,7-8,11,17-18,21H2,1-2H3,(H,45,46). The number of imide groups is 2. The molecule has 3 N–H and O–H groups in total. The van der Waals surface area contributed by atoms with Crippen molar-refractivity contribution in [2.24, 2.45) is 23.7 Å². The lowest BCUT2D eigenvalue weighted by Gasteiger charge is -2.50. The Morgan fingerprint density at radius 1 is 0.962 bits per heavy atom. The summed E-state index contributed by atoms with van der Waals surface area (Å²) in [4.78, 5) is 70.5. The van der Waals surface area contributed by atoms with Crippen LogP contribution in [0.5, 0.6) is 11.5 Å². The van der Waals surface area contributed by atoms with E-state index in [1.807, 2.05) is 55.5 Å². The number of anilines is 1. The van der Waals surface area contributed by atoms with E-state index in [1.54, 1.807) is 24.3 Å². The Bertz CT molecular complexity index is 1980. The maximum Gasteiger partial charge on any atom is 0.303 e. The van der Waals surface area contributed by atoms with Crippen molar-refractivity contribution in [1.82, 2.24) is 9.91 Å². The summed E-state index contributed by atoms with van der Waals surface area (Å²) < 4.78 is 5.91. The SMILES string of the molecule is COc1cc(C2C3=CCC4C(=O)N(CCCCCC(=O)O)C(=O)C4C3CC3C(=O)N(Nc4ccc(C)cc4)C(=O)C32c2ccccc2)cc(Br)c1O. The first-order valence-corrected chi connectivity index (χ1v) is 18.4. The number of unbranched alkanes of at least 4 members (excludes halogenated alkanes) is 2. The molecule has 6 unspecified atom stereocenters. The van der Waals surface area contributed by atoms with Crippen LogP contribution in [-0.2, 0) is 29.4 Å². The molecule has 2 saturated heterocycles. The molecule has 12 heteroatoms. The van der Waals surface area contributed by atoms with Gasteiger partial charge in [-0.1, -0.05) is 66.1 Å². The van der Waals surface area contributed by atoms with Crippen LogP contribution in [0.15, 0.2) is 82.9 Å². The molecule has 6 atom stereocenters. The second-order valence-corrected chi connectivity index (χ2v) is 15.0. The fraction of sp³-hybridized carbons (Fsp3) is 0.375. The Hall–Kier alpha value is -4.97. The summed E-state index contributed by atoms with van der Waals surface area (Å²) in [5, 5.41) is 21.0. The van der Waals surface area contributed by atoms with Crippen molar-refractivity contribution in [2.45, 2.75) is 56.8 Å². The van der Waals surface area contributed by atoms with Crippen LogP contribution in [0.4, 0.5) is 5.69 Å². The number of amides is 4. The summed E-state index contributed by atoms with van der Waals surface area (Å²) in [6.07, 6.45) is 3.96. The normalized spacial score (nSPS) is 26.5. The van der Waals surface area contributed by atoms with Gasteiger partial charge in [0.15, 0.2) is 11.5 Å². The van der Waals surface area contributed by atoms with Gasteiger partial charge in [-0.25, -0.2) is 0 Å². The number of aromatic hydroxyl groups is 1. The quantitative estimate of drug-likeness (QED) is 0.119. The Kier molecular flexibility index (Phi) is 9.45. The molecule has 3 fully saturated rings. The van der Waals surface area contributed by atoms with Crippen LogP contribution in [-0.4, -0.2) is 63.4 Å². The number of carboxylic acid groups (broad SMARTS) is 1. The number of nitrogens with one attached hydrogen (secondary N) is 1. The third-order valence-electron chi connectivity index (χ3n) is 11.4. The third-order valence-corrected chi connectivity index (χ3v) is 12.0.